The average Bonchev–Trinajstić information content (AvgIpc) is 2.74. The molecule has 0 amide bonds. The molecule has 0 spiro atoms. The number of nitrogens with zero attached hydrogens (tertiary/aromatic N) is 2. The molecule has 5 nitrogen and oxygen atoms in total. The van der Waals surface area contributed by atoms with Crippen molar-refractivity contribution >= 4 is 0 Å². The molecule has 1 heterocycles. The number of aromatic nitrogens is 2. The van der Waals surface area contributed by atoms with Crippen LogP contribution < -0.4 is 10.5 Å². The van der Waals surface area contributed by atoms with Crippen molar-refractivity contribution in [1.29, 1.82) is 0 Å². The number of rotatable bonds is 4. The zero-order valence-corrected chi connectivity index (χ0v) is 10.8. The van der Waals surface area contributed by atoms with Crippen LogP contribution in [-0.4, -0.2) is 16.2 Å². The monoisotopic (exact) mass is 247 g/mol. The first-order chi connectivity index (χ1) is 8.56. The molecule has 0 saturated heterocycles. The van der Waals surface area contributed by atoms with Gasteiger partial charge in [0.05, 0.1) is 12.1 Å². The van der Waals surface area contributed by atoms with E-state index in [0.717, 1.165) is 11.3 Å². The molecule has 2 N–H and O–H groups in total. The van der Waals surface area contributed by atoms with Crippen LogP contribution in [0.4, 0.5) is 0 Å². The highest BCUT2D eigenvalue weighted by molar-refractivity contribution is 5.33. The first-order valence-electron chi connectivity index (χ1n) is 5.88. The Morgan fingerprint density at radius 1 is 1.33 bits per heavy atom. The van der Waals surface area contributed by atoms with Crippen LogP contribution in [0.5, 0.6) is 5.75 Å². The van der Waals surface area contributed by atoms with Crippen LogP contribution in [0, 0.1) is 6.92 Å². The molecular weight excluding hydrogens is 230 g/mol. The predicted octanol–water partition coefficient (Wildman–Crippen LogP) is 2.21. The van der Waals surface area contributed by atoms with E-state index in [1.807, 2.05) is 38.1 Å². The minimum atomic E-state index is -0.404. The third-order valence-corrected chi connectivity index (χ3v) is 2.41. The molecule has 0 aliphatic heterocycles. The molecule has 0 radical (unpaired) electrons. The molecular formula is C13H17N3O2. The van der Waals surface area contributed by atoms with Gasteiger partial charge in [-0.05, 0) is 31.5 Å². The second-order valence-corrected chi connectivity index (χ2v) is 4.39. The summed E-state index contributed by atoms with van der Waals surface area (Å²) in [6.07, 6.45) is 0.129. The van der Waals surface area contributed by atoms with Gasteiger partial charge in [0.1, 0.15) is 5.75 Å². The Morgan fingerprint density at radius 3 is 2.72 bits per heavy atom. The lowest BCUT2D eigenvalue weighted by molar-refractivity contribution is 0.242. The molecule has 0 aliphatic rings. The van der Waals surface area contributed by atoms with Crippen LogP contribution in [0.15, 0.2) is 28.8 Å². The molecule has 0 saturated carbocycles. The van der Waals surface area contributed by atoms with Gasteiger partial charge in [-0.3, -0.25) is 0 Å². The van der Waals surface area contributed by atoms with Gasteiger partial charge >= 0.3 is 0 Å². The fourth-order valence-corrected chi connectivity index (χ4v) is 1.64. The Hall–Kier alpha value is -1.88. The highest BCUT2D eigenvalue weighted by Crippen LogP contribution is 2.22. The van der Waals surface area contributed by atoms with Gasteiger partial charge in [0.2, 0.25) is 5.89 Å². The molecule has 1 atom stereocenters. The zero-order chi connectivity index (χ0) is 13.1. The van der Waals surface area contributed by atoms with Crippen molar-refractivity contribution in [3.05, 3.63) is 41.5 Å². The molecule has 1 unspecified atom stereocenters. The standard InChI is InChI=1S/C13H17N3O2/c1-8(2)17-11-6-4-5-10(7-11)12(14)13-15-9(3)18-16-13/h4-8,12H,14H2,1-3H3. The van der Waals surface area contributed by atoms with Crippen molar-refractivity contribution in [3.8, 4) is 5.75 Å². The lowest BCUT2D eigenvalue weighted by atomic mass is 10.1. The maximum Gasteiger partial charge on any atom is 0.223 e. The van der Waals surface area contributed by atoms with E-state index in [2.05, 4.69) is 10.1 Å². The second kappa shape index (κ2) is 5.18. The van der Waals surface area contributed by atoms with E-state index < -0.39 is 6.04 Å². The Kier molecular flexibility index (Phi) is 3.62. The van der Waals surface area contributed by atoms with Crippen molar-refractivity contribution < 1.29 is 9.26 Å². The maximum atomic E-state index is 6.09. The number of hydrogen-bond donors (Lipinski definition) is 1. The Morgan fingerprint density at radius 2 is 2.11 bits per heavy atom. The molecule has 0 aliphatic carbocycles. The first kappa shape index (κ1) is 12.6. The summed E-state index contributed by atoms with van der Waals surface area (Å²) in [5.41, 5.74) is 6.99. The van der Waals surface area contributed by atoms with E-state index >= 15 is 0 Å². The van der Waals surface area contributed by atoms with Crippen LogP contribution >= 0.6 is 0 Å². The number of hydrogen-bond acceptors (Lipinski definition) is 5. The number of nitrogens with two attached hydrogens (primary N) is 1. The SMILES string of the molecule is Cc1nc(C(N)c2cccc(OC(C)C)c2)no1. The average molecular weight is 247 g/mol. The van der Waals surface area contributed by atoms with Crippen LogP contribution in [0.1, 0.15) is 37.2 Å². The quantitative estimate of drug-likeness (QED) is 0.896. The fourth-order valence-electron chi connectivity index (χ4n) is 1.64. The van der Waals surface area contributed by atoms with E-state index in [4.69, 9.17) is 15.0 Å². The van der Waals surface area contributed by atoms with Gasteiger partial charge in [-0.1, -0.05) is 17.3 Å². The number of ether oxygens (including phenoxy) is 1. The van der Waals surface area contributed by atoms with E-state index in [1.165, 1.54) is 0 Å². The van der Waals surface area contributed by atoms with Crippen LogP contribution in [-0.2, 0) is 0 Å². The van der Waals surface area contributed by atoms with Gasteiger partial charge < -0.3 is 15.0 Å². The van der Waals surface area contributed by atoms with Gasteiger partial charge in [0, 0.05) is 6.92 Å². The fraction of sp³-hybridized carbons (Fsp3) is 0.385. The van der Waals surface area contributed by atoms with Gasteiger partial charge in [-0.2, -0.15) is 4.98 Å². The summed E-state index contributed by atoms with van der Waals surface area (Å²) in [6.45, 7) is 5.70. The number of benzene rings is 1. The van der Waals surface area contributed by atoms with Crippen LogP contribution in [0.25, 0.3) is 0 Å². The molecule has 1 aromatic carbocycles. The lowest BCUT2D eigenvalue weighted by Gasteiger charge is -2.12. The van der Waals surface area contributed by atoms with E-state index in [0.29, 0.717) is 11.7 Å². The van der Waals surface area contributed by atoms with E-state index in [-0.39, 0.29) is 6.10 Å². The minimum absolute atomic E-state index is 0.129. The molecule has 96 valence electrons. The van der Waals surface area contributed by atoms with Gasteiger partial charge in [0.25, 0.3) is 0 Å². The largest absolute Gasteiger partial charge is 0.491 e. The number of aryl methyl sites for hydroxylation is 1. The molecule has 2 aromatic rings. The van der Waals surface area contributed by atoms with E-state index in [1.54, 1.807) is 6.92 Å². The summed E-state index contributed by atoms with van der Waals surface area (Å²) in [6, 6.07) is 7.22. The van der Waals surface area contributed by atoms with Crippen LogP contribution in [0.3, 0.4) is 0 Å². The summed E-state index contributed by atoms with van der Waals surface area (Å²) in [5, 5.41) is 3.83. The topological polar surface area (TPSA) is 74.2 Å². The van der Waals surface area contributed by atoms with Crippen molar-refractivity contribution in [1.82, 2.24) is 10.1 Å². The second-order valence-electron chi connectivity index (χ2n) is 4.39. The molecule has 0 fully saturated rings. The highest BCUT2D eigenvalue weighted by Gasteiger charge is 2.15. The van der Waals surface area contributed by atoms with Crippen molar-refractivity contribution in [3.63, 3.8) is 0 Å². The summed E-state index contributed by atoms with van der Waals surface area (Å²) >= 11 is 0. The van der Waals surface area contributed by atoms with Gasteiger partial charge in [0.15, 0.2) is 5.82 Å². The summed E-state index contributed by atoms with van der Waals surface area (Å²) in [7, 11) is 0. The van der Waals surface area contributed by atoms with Crippen LogP contribution in [0.2, 0.25) is 0 Å². The van der Waals surface area contributed by atoms with Crippen molar-refractivity contribution in [2.24, 2.45) is 5.73 Å². The summed E-state index contributed by atoms with van der Waals surface area (Å²) < 4.78 is 10.6. The smallest absolute Gasteiger partial charge is 0.223 e. The van der Waals surface area contributed by atoms with E-state index in [9.17, 15) is 0 Å². The Bertz CT molecular complexity index is 522. The highest BCUT2D eigenvalue weighted by atomic mass is 16.5. The predicted molar refractivity (Wildman–Crippen MR) is 67.3 cm³/mol. The minimum Gasteiger partial charge on any atom is -0.491 e. The maximum absolute atomic E-state index is 6.09. The van der Waals surface area contributed by atoms with Gasteiger partial charge in [-0.15, -0.1) is 0 Å². The van der Waals surface area contributed by atoms with Gasteiger partial charge in [-0.25, -0.2) is 0 Å². The van der Waals surface area contributed by atoms with Crippen molar-refractivity contribution in [2.45, 2.75) is 32.9 Å². The Balaban J connectivity index is 2.22. The first-order valence-corrected chi connectivity index (χ1v) is 5.88. The molecule has 5 heteroatoms. The summed E-state index contributed by atoms with van der Waals surface area (Å²) in [5.74, 6) is 1.78. The lowest BCUT2D eigenvalue weighted by Crippen LogP contribution is -2.14. The molecule has 18 heavy (non-hydrogen) atoms. The molecule has 2 rings (SSSR count). The third kappa shape index (κ3) is 2.87. The third-order valence-electron chi connectivity index (χ3n) is 2.41. The van der Waals surface area contributed by atoms with Crippen molar-refractivity contribution in [2.75, 3.05) is 0 Å². The normalized spacial score (nSPS) is 12.7. The summed E-state index contributed by atoms with van der Waals surface area (Å²) in [4.78, 5) is 4.13. The molecule has 1 aromatic heterocycles. The zero-order valence-electron chi connectivity index (χ0n) is 10.8. The molecule has 0 bridgehead atoms. The Labute approximate surface area is 106 Å².